The predicted molar refractivity (Wildman–Crippen MR) is 126 cm³/mol. The lowest BCUT2D eigenvalue weighted by Crippen LogP contribution is -2.38. The van der Waals surface area contributed by atoms with Crippen molar-refractivity contribution in [2.45, 2.75) is 44.3 Å². The van der Waals surface area contributed by atoms with Crippen LogP contribution in [0.1, 0.15) is 42.9 Å². The number of pyridine rings is 1. The van der Waals surface area contributed by atoms with Gasteiger partial charge in [0.25, 0.3) is 0 Å². The number of aromatic nitrogens is 1. The fourth-order valence-corrected chi connectivity index (χ4v) is 4.75. The lowest BCUT2D eigenvalue weighted by molar-refractivity contribution is -0.113. The van der Waals surface area contributed by atoms with Gasteiger partial charge < -0.3 is 14.3 Å². The molecule has 0 saturated carbocycles. The van der Waals surface area contributed by atoms with E-state index in [2.05, 4.69) is 34.1 Å². The molecule has 5 nitrogen and oxygen atoms in total. The molecule has 0 bridgehead atoms. The van der Waals surface area contributed by atoms with Crippen LogP contribution in [-0.2, 0) is 11.3 Å². The van der Waals surface area contributed by atoms with Crippen LogP contribution < -0.4 is 9.47 Å². The Morgan fingerprint density at radius 2 is 1.62 bits per heavy atom. The van der Waals surface area contributed by atoms with Crippen molar-refractivity contribution in [3.63, 3.8) is 0 Å². The number of ether oxygens (including phenoxy) is 2. The molecule has 166 valence electrons. The highest BCUT2D eigenvalue weighted by Crippen LogP contribution is 2.43. The summed E-state index contributed by atoms with van der Waals surface area (Å²) in [6.45, 7) is 0.675. The first-order valence-corrected chi connectivity index (χ1v) is 11.2. The molecule has 32 heavy (non-hydrogen) atoms. The fourth-order valence-electron chi connectivity index (χ4n) is 4.75. The molecule has 0 spiro atoms. The minimum absolute atomic E-state index is 0.0309. The van der Waals surface area contributed by atoms with E-state index < -0.39 is 0 Å². The summed E-state index contributed by atoms with van der Waals surface area (Å²) < 4.78 is 11.5. The van der Waals surface area contributed by atoms with Crippen molar-refractivity contribution in [1.82, 2.24) is 9.88 Å². The number of aldehydes is 1. The molecule has 0 N–H and O–H groups in total. The summed E-state index contributed by atoms with van der Waals surface area (Å²) in [5, 5.41) is 0. The number of carbonyl (C=O) groups excluding carboxylic acids is 1. The monoisotopic (exact) mass is 430 g/mol. The largest absolute Gasteiger partial charge is 0.496 e. The van der Waals surface area contributed by atoms with Crippen LogP contribution in [0, 0.1) is 0 Å². The maximum Gasteiger partial charge on any atom is 0.137 e. The minimum Gasteiger partial charge on any atom is -0.496 e. The van der Waals surface area contributed by atoms with Crippen molar-refractivity contribution < 1.29 is 14.3 Å². The highest BCUT2D eigenvalue weighted by Gasteiger charge is 2.33. The Kier molecular flexibility index (Phi) is 7.17. The van der Waals surface area contributed by atoms with Crippen LogP contribution in [-0.4, -0.2) is 36.4 Å². The molecule has 3 aromatic rings. The average molecular weight is 431 g/mol. The molecule has 5 heteroatoms. The summed E-state index contributed by atoms with van der Waals surface area (Å²) in [5.41, 5.74) is 4.48. The van der Waals surface area contributed by atoms with Gasteiger partial charge in [0.1, 0.15) is 17.8 Å². The second kappa shape index (κ2) is 10.4. The molecule has 1 saturated heterocycles. The van der Waals surface area contributed by atoms with E-state index in [1.807, 2.05) is 42.7 Å². The molecule has 2 unspecified atom stereocenters. The predicted octanol–water partition coefficient (Wildman–Crippen LogP) is 5.45. The first-order chi connectivity index (χ1) is 15.7. The number of nitrogens with zero attached hydrogens (tertiary/aromatic N) is 2. The zero-order valence-corrected chi connectivity index (χ0v) is 18.7. The van der Waals surface area contributed by atoms with Crippen LogP contribution in [0.5, 0.6) is 11.5 Å². The van der Waals surface area contributed by atoms with Gasteiger partial charge in [-0.2, -0.15) is 0 Å². The van der Waals surface area contributed by atoms with Gasteiger partial charge in [-0.25, -0.2) is 0 Å². The molecule has 1 aromatic heterocycles. The molecular formula is C27H30N2O3. The molecule has 2 heterocycles. The summed E-state index contributed by atoms with van der Waals surface area (Å²) in [4.78, 5) is 18.6. The zero-order chi connectivity index (χ0) is 22.3. The van der Waals surface area contributed by atoms with Crippen LogP contribution in [0.3, 0.4) is 0 Å². The van der Waals surface area contributed by atoms with E-state index in [4.69, 9.17) is 9.47 Å². The molecule has 0 amide bonds. The first-order valence-electron chi connectivity index (χ1n) is 11.2. The molecule has 2 atom stereocenters. The quantitative estimate of drug-likeness (QED) is 0.467. The van der Waals surface area contributed by atoms with Gasteiger partial charge in [0, 0.05) is 25.0 Å². The van der Waals surface area contributed by atoms with Crippen molar-refractivity contribution in [2.24, 2.45) is 0 Å². The van der Waals surface area contributed by atoms with E-state index in [0.717, 1.165) is 60.2 Å². The third-order valence-electron chi connectivity index (χ3n) is 6.32. The number of likely N-dealkylation sites (tertiary alicyclic amines) is 1. The Labute approximate surface area is 190 Å². The van der Waals surface area contributed by atoms with Crippen molar-refractivity contribution in [3.8, 4) is 22.6 Å². The fraction of sp³-hybridized carbons (Fsp3) is 0.333. The second-order valence-corrected chi connectivity index (χ2v) is 8.19. The Balaban J connectivity index is 1.73. The highest BCUT2D eigenvalue weighted by molar-refractivity contribution is 5.63. The topological polar surface area (TPSA) is 51.7 Å². The van der Waals surface area contributed by atoms with E-state index in [1.54, 1.807) is 14.2 Å². The van der Waals surface area contributed by atoms with Gasteiger partial charge in [-0.15, -0.1) is 0 Å². The number of hydrogen-bond donors (Lipinski definition) is 0. The summed E-state index contributed by atoms with van der Waals surface area (Å²) in [7, 11) is 3.38. The third kappa shape index (κ3) is 4.68. The smallest absolute Gasteiger partial charge is 0.137 e. The van der Waals surface area contributed by atoms with Gasteiger partial charge in [0.2, 0.25) is 0 Å². The van der Waals surface area contributed by atoms with Crippen LogP contribution in [0.15, 0.2) is 67.0 Å². The third-order valence-corrected chi connectivity index (χ3v) is 6.32. The molecular weight excluding hydrogens is 400 g/mol. The van der Waals surface area contributed by atoms with Gasteiger partial charge in [-0.3, -0.25) is 9.88 Å². The maximum atomic E-state index is 12.2. The molecule has 1 fully saturated rings. The lowest BCUT2D eigenvalue weighted by Gasteiger charge is -2.35. The normalized spacial score (nSPS) is 19.2. The molecule has 0 aliphatic carbocycles. The van der Waals surface area contributed by atoms with Crippen molar-refractivity contribution in [1.29, 1.82) is 0 Å². The molecule has 0 radical (unpaired) electrons. The van der Waals surface area contributed by atoms with Crippen LogP contribution in [0.4, 0.5) is 0 Å². The number of rotatable bonds is 7. The molecule has 4 rings (SSSR count). The molecule has 1 aliphatic heterocycles. The average Bonchev–Trinajstić information content (AvgIpc) is 3.06. The Bertz CT molecular complexity index is 1020. The number of methoxy groups -OCH3 is 2. The van der Waals surface area contributed by atoms with Crippen LogP contribution >= 0.6 is 0 Å². The van der Waals surface area contributed by atoms with E-state index in [0.29, 0.717) is 6.54 Å². The molecule has 1 aliphatic rings. The SMILES string of the molecule is COc1cccc(OC)c1C1CCCCC(C=O)N1Cc1cccc(-c2ccncc2)c1. The van der Waals surface area contributed by atoms with Crippen molar-refractivity contribution in [3.05, 3.63) is 78.1 Å². The highest BCUT2D eigenvalue weighted by atomic mass is 16.5. The van der Waals surface area contributed by atoms with Gasteiger partial charge in [-0.1, -0.05) is 37.1 Å². The van der Waals surface area contributed by atoms with E-state index in [9.17, 15) is 4.79 Å². The van der Waals surface area contributed by atoms with Crippen LogP contribution in [0.25, 0.3) is 11.1 Å². The van der Waals surface area contributed by atoms with E-state index in [1.165, 1.54) is 5.56 Å². The van der Waals surface area contributed by atoms with Gasteiger partial charge in [0.15, 0.2) is 0 Å². The summed E-state index contributed by atoms with van der Waals surface area (Å²) in [6, 6.07) is 18.3. The van der Waals surface area contributed by atoms with E-state index in [-0.39, 0.29) is 12.1 Å². The minimum atomic E-state index is -0.151. The Morgan fingerprint density at radius 1 is 0.938 bits per heavy atom. The second-order valence-electron chi connectivity index (χ2n) is 8.19. The first kappa shape index (κ1) is 22.0. The number of hydrogen-bond acceptors (Lipinski definition) is 5. The summed E-state index contributed by atoms with van der Waals surface area (Å²) >= 11 is 0. The number of carbonyl (C=O) groups is 1. The Hall–Kier alpha value is -3.18. The zero-order valence-electron chi connectivity index (χ0n) is 18.7. The van der Waals surface area contributed by atoms with Crippen molar-refractivity contribution in [2.75, 3.05) is 14.2 Å². The maximum absolute atomic E-state index is 12.2. The van der Waals surface area contributed by atoms with Crippen LogP contribution in [0.2, 0.25) is 0 Å². The standard InChI is InChI=1S/C27H30N2O3/c1-31-25-11-6-12-26(32-2)27(25)24-10-4-3-9-23(19-30)29(24)18-20-7-5-8-22(17-20)21-13-15-28-16-14-21/h5-8,11-17,19,23-24H,3-4,9-10,18H2,1-2H3. The summed E-state index contributed by atoms with van der Waals surface area (Å²) in [5.74, 6) is 1.60. The molecule has 2 aromatic carbocycles. The summed E-state index contributed by atoms with van der Waals surface area (Å²) in [6.07, 6.45) is 8.63. The van der Waals surface area contributed by atoms with Gasteiger partial charge >= 0.3 is 0 Å². The van der Waals surface area contributed by atoms with Crippen molar-refractivity contribution >= 4 is 6.29 Å². The van der Waals surface area contributed by atoms with Gasteiger partial charge in [-0.05, 0) is 59.9 Å². The number of benzene rings is 2. The lowest BCUT2D eigenvalue weighted by atomic mass is 9.97. The Morgan fingerprint density at radius 3 is 2.31 bits per heavy atom. The van der Waals surface area contributed by atoms with E-state index >= 15 is 0 Å². The van der Waals surface area contributed by atoms with Gasteiger partial charge in [0.05, 0.1) is 25.8 Å².